The van der Waals surface area contributed by atoms with Gasteiger partial charge < -0.3 is 4.55 Å². The van der Waals surface area contributed by atoms with Crippen molar-refractivity contribution in [3.63, 3.8) is 0 Å². The van der Waals surface area contributed by atoms with Crippen LogP contribution in [0.5, 0.6) is 0 Å². The number of hydrogen-bond acceptors (Lipinski definition) is 2. The van der Waals surface area contributed by atoms with Crippen molar-refractivity contribution >= 4 is 23.0 Å². The molecule has 140 valence electrons. The first-order chi connectivity index (χ1) is 11.5. The first-order valence-corrected chi connectivity index (χ1v) is 10.0. The summed E-state index contributed by atoms with van der Waals surface area (Å²) in [6.07, 6.45) is 1.99. The van der Waals surface area contributed by atoms with Crippen LogP contribution >= 0.6 is 11.6 Å². The number of fused-ring (bicyclic) bond motifs is 2. The summed E-state index contributed by atoms with van der Waals surface area (Å²) in [6.45, 7) is 5.33. The lowest BCUT2D eigenvalue weighted by Crippen LogP contribution is -2.46. The lowest BCUT2D eigenvalue weighted by atomic mass is 9.74. The number of benzene rings is 1. The van der Waals surface area contributed by atoms with Gasteiger partial charge in [0, 0.05) is 16.9 Å². The van der Waals surface area contributed by atoms with Gasteiger partial charge in [0.2, 0.25) is 0 Å². The van der Waals surface area contributed by atoms with E-state index in [0.29, 0.717) is 25.7 Å². The van der Waals surface area contributed by atoms with Gasteiger partial charge in [0.15, 0.2) is 0 Å². The third-order valence-electron chi connectivity index (χ3n) is 5.57. The molecule has 1 unspecified atom stereocenters. The zero-order chi connectivity index (χ0) is 18.6. The van der Waals surface area contributed by atoms with Crippen LogP contribution < -0.4 is 4.72 Å². The summed E-state index contributed by atoms with van der Waals surface area (Å²) in [5, 5.41) is -0.191. The molecule has 1 aromatic carbocycles. The standard InChI is InChI=1S/C18H23ClF3NOS/c1-16(2,3)25(24)23-15(13-12(20)5-4-11(19)14(13)21)17-6-8-18(22,10-17)9-7-17/h4-5,15,23H,6-10H2,1-3H3/t15-,17?,18?,25?/m1/s1. The minimum absolute atomic E-state index is 0.191. The number of alkyl halides is 1. The van der Waals surface area contributed by atoms with Crippen LogP contribution in [0.15, 0.2) is 12.1 Å². The minimum atomic E-state index is -1.56. The summed E-state index contributed by atoms with van der Waals surface area (Å²) < 4.78 is 59.0. The average molecular weight is 394 g/mol. The minimum Gasteiger partial charge on any atom is -0.598 e. The third kappa shape index (κ3) is 3.43. The van der Waals surface area contributed by atoms with Crippen molar-refractivity contribution in [2.45, 2.75) is 69.3 Å². The van der Waals surface area contributed by atoms with E-state index in [1.165, 1.54) is 0 Å². The summed E-state index contributed by atoms with van der Waals surface area (Å²) in [6, 6.07) is 1.39. The van der Waals surface area contributed by atoms with E-state index >= 15 is 0 Å². The maximum Gasteiger partial charge on any atom is 0.149 e. The van der Waals surface area contributed by atoms with Crippen LogP contribution in [0.3, 0.4) is 0 Å². The molecule has 7 heteroatoms. The fourth-order valence-electron chi connectivity index (χ4n) is 4.15. The molecule has 0 amide bonds. The van der Waals surface area contributed by atoms with Crippen LogP contribution in [-0.4, -0.2) is 15.0 Å². The maximum atomic E-state index is 14.7. The molecule has 2 bridgehead atoms. The van der Waals surface area contributed by atoms with Crippen molar-refractivity contribution in [2.24, 2.45) is 5.41 Å². The SMILES string of the molecule is CC(C)(C)[S+]([O-])N[C@H](c1c(F)ccc(Cl)c1F)C12CCC(F)(CC1)C2. The number of nitrogens with one attached hydrogen (secondary N) is 1. The molecule has 2 nitrogen and oxygen atoms in total. The van der Waals surface area contributed by atoms with Gasteiger partial charge in [-0.1, -0.05) is 11.6 Å². The normalized spacial score (nSPS) is 31.4. The molecule has 25 heavy (non-hydrogen) atoms. The molecule has 2 fully saturated rings. The van der Waals surface area contributed by atoms with Crippen LogP contribution in [0.2, 0.25) is 5.02 Å². The average Bonchev–Trinajstić information content (AvgIpc) is 3.04. The highest BCUT2D eigenvalue weighted by Crippen LogP contribution is 2.64. The van der Waals surface area contributed by atoms with E-state index in [2.05, 4.69) is 4.72 Å². The number of hydrogen-bond donors (Lipinski definition) is 1. The van der Waals surface area contributed by atoms with E-state index in [-0.39, 0.29) is 17.0 Å². The Morgan fingerprint density at radius 1 is 1.20 bits per heavy atom. The molecule has 0 aromatic heterocycles. The molecule has 2 atom stereocenters. The fourth-order valence-corrected chi connectivity index (χ4v) is 5.25. The van der Waals surface area contributed by atoms with Crippen LogP contribution in [0.25, 0.3) is 0 Å². The summed E-state index contributed by atoms with van der Waals surface area (Å²) in [4.78, 5) is 0. The molecular formula is C18H23ClF3NOS. The van der Waals surface area contributed by atoms with Crippen molar-refractivity contribution in [2.75, 3.05) is 0 Å². The van der Waals surface area contributed by atoms with Gasteiger partial charge in [0.25, 0.3) is 0 Å². The van der Waals surface area contributed by atoms with Gasteiger partial charge in [-0.3, -0.25) is 0 Å². The second-order valence-electron chi connectivity index (χ2n) is 8.38. The van der Waals surface area contributed by atoms with Gasteiger partial charge in [-0.05, 0) is 70.4 Å². The van der Waals surface area contributed by atoms with Crippen LogP contribution in [0, 0.1) is 17.0 Å². The molecule has 2 aliphatic rings. The molecule has 3 rings (SSSR count). The zero-order valence-corrected chi connectivity index (χ0v) is 16.2. The van der Waals surface area contributed by atoms with Crippen LogP contribution in [-0.2, 0) is 11.4 Å². The molecule has 0 saturated heterocycles. The fraction of sp³-hybridized carbons (Fsp3) is 0.667. The van der Waals surface area contributed by atoms with Crippen LogP contribution in [0.4, 0.5) is 13.2 Å². The lowest BCUT2D eigenvalue weighted by Gasteiger charge is -2.38. The Morgan fingerprint density at radius 3 is 2.28 bits per heavy atom. The second kappa shape index (κ2) is 6.32. The van der Waals surface area contributed by atoms with Crippen molar-refractivity contribution in [3.05, 3.63) is 34.4 Å². The molecule has 0 aliphatic heterocycles. The van der Waals surface area contributed by atoms with E-state index in [9.17, 15) is 17.7 Å². The monoisotopic (exact) mass is 393 g/mol. The highest BCUT2D eigenvalue weighted by Gasteiger charge is 2.60. The zero-order valence-electron chi connectivity index (χ0n) is 14.6. The van der Waals surface area contributed by atoms with Gasteiger partial charge in [-0.2, -0.15) is 0 Å². The predicted molar refractivity (Wildman–Crippen MR) is 94.5 cm³/mol. The van der Waals surface area contributed by atoms with Crippen LogP contribution in [0.1, 0.15) is 64.5 Å². The molecule has 2 saturated carbocycles. The number of rotatable bonds is 4. The van der Waals surface area contributed by atoms with E-state index in [0.717, 1.165) is 12.1 Å². The molecule has 1 aromatic rings. The van der Waals surface area contributed by atoms with Gasteiger partial charge in [-0.25, -0.2) is 13.2 Å². The Kier molecular flexibility index (Phi) is 4.89. The van der Waals surface area contributed by atoms with E-state index in [1.807, 2.05) is 0 Å². The molecular weight excluding hydrogens is 371 g/mol. The van der Waals surface area contributed by atoms with Gasteiger partial charge in [0.05, 0.1) is 11.1 Å². The summed E-state index contributed by atoms with van der Waals surface area (Å²) >= 11 is 4.31. The molecule has 0 spiro atoms. The van der Waals surface area contributed by atoms with Gasteiger partial charge in [0.1, 0.15) is 22.1 Å². The molecule has 0 heterocycles. The Labute approximate surface area is 154 Å². The van der Waals surface area contributed by atoms with Crippen molar-refractivity contribution in [1.29, 1.82) is 0 Å². The van der Waals surface area contributed by atoms with E-state index in [4.69, 9.17) is 11.6 Å². The highest BCUT2D eigenvalue weighted by atomic mass is 35.5. The van der Waals surface area contributed by atoms with Gasteiger partial charge in [-0.15, -0.1) is 4.72 Å². The Bertz CT molecular complexity index is 671. The van der Waals surface area contributed by atoms with Gasteiger partial charge >= 0.3 is 0 Å². The van der Waals surface area contributed by atoms with E-state index < -0.39 is 44.9 Å². The first kappa shape index (κ1) is 19.3. The topological polar surface area (TPSA) is 35.1 Å². The summed E-state index contributed by atoms with van der Waals surface area (Å²) in [7, 11) is 0. The Morgan fingerprint density at radius 2 is 1.80 bits per heavy atom. The Hall–Kier alpha value is -0.430. The van der Waals surface area contributed by atoms with Crippen molar-refractivity contribution < 1.29 is 17.7 Å². The number of halogens is 4. The van der Waals surface area contributed by atoms with Crippen molar-refractivity contribution in [3.8, 4) is 0 Å². The maximum absolute atomic E-state index is 14.7. The van der Waals surface area contributed by atoms with E-state index in [1.54, 1.807) is 20.8 Å². The lowest BCUT2D eigenvalue weighted by molar-refractivity contribution is 0.175. The molecule has 2 aliphatic carbocycles. The second-order valence-corrected chi connectivity index (χ2v) is 10.8. The quantitative estimate of drug-likeness (QED) is 0.550. The third-order valence-corrected chi connectivity index (χ3v) is 7.43. The summed E-state index contributed by atoms with van der Waals surface area (Å²) in [5.74, 6) is -1.61. The largest absolute Gasteiger partial charge is 0.598 e. The molecule has 0 radical (unpaired) electrons. The smallest absolute Gasteiger partial charge is 0.149 e. The summed E-state index contributed by atoms with van der Waals surface area (Å²) in [5.41, 5.74) is -2.16. The predicted octanol–water partition coefficient (Wildman–Crippen LogP) is 5.38. The van der Waals surface area contributed by atoms with Crippen molar-refractivity contribution in [1.82, 2.24) is 4.72 Å². The Balaban J connectivity index is 2.07. The molecule has 1 N–H and O–H groups in total. The highest BCUT2D eigenvalue weighted by molar-refractivity contribution is 7.90. The first-order valence-electron chi connectivity index (χ1n) is 8.48.